The van der Waals surface area contributed by atoms with Crippen LogP contribution in [0.15, 0.2) is 18.2 Å². The Labute approximate surface area is 159 Å². The Bertz CT molecular complexity index is 702. The highest BCUT2D eigenvalue weighted by Gasteiger charge is 2.32. The topological polar surface area (TPSA) is 56.3 Å². The van der Waals surface area contributed by atoms with Crippen LogP contribution in [0.25, 0.3) is 0 Å². The maximum Gasteiger partial charge on any atom is 0.414 e. The molecule has 2 fully saturated rings. The monoisotopic (exact) mass is 378 g/mol. The van der Waals surface area contributed by atoms with Gasteiger partial charge < -0.3 is 14.4 Å². The SMILES string of the molecule is CC(=O)CC[C@H]1CN(c2ccc(N3CCN(C)N(C)CC3)c(F)c2)C(=O)O1. The van der Waals surface area contributed by atoms with Crippen molar-refractivity contribution in [2.45, 2.75) is 25.9 Å². The molecule has 2 heterocycles. The summed E-state index contributed by atoms with van der Waals surface area (Å²) in [5.74, 6) is -0.284. The smallest absolute Gasteiger partial charge is 0.414 e. The van der Waals surface area contributed by atoms with Crippen molar-refractivity contribution in [1.82, 2.24) is 10.0 Å². The van der Waals surface area contributed by atoms with Gasteiger partial charge in [-0.2, -0.15) is 0 Å². The molecule has 0 aliphatic carbocycles. The molecular formula is C19H27FN4O3. The Morgan fingerprint density at radius 2 is 1.85 bits per heavy atom. The van der Waals surface area contributed by atoms with Gasteiger partial charge in [0, 0.05) is 46.7 Å². The van der Waals surface area contributed by atoms with Crippen molar-refractivity contribution < 1.29 is 18.7 Å². The molecule has 0 aromatic heterocycles. The zero-order chi connectivity index (χ0) is 19.6. The number of halogens is 1. The molecule has 0 N–H and O–H groups in total. The predicted molar refractivity (Wildman–Crippen MR) is 101 cm³/mol. The summed E-state index contributed by atoms with van der Waals surface area (Å²) in [4.78, 5) is 26.7. The molecule has 148 valence electrons. The van der Waals surface area contributed by atoms with E-state index in [1.54, 1.807) is 12.1 Å². The summed E-state index contributed by atoms with van der Waals surface area (Å²) in [5.41, 5.74) is 1.03. The number of anilines is 2. The first-order valence-corrected chi connectivity index (χ1v) is 9.29. The number of carbonyl (C=O) groups is 2. The molecule has 3 rings (SSSR count). The van der Waals surface area contributed by atoms with Gasteiger partial charge in [-0.1, -0.05) is 0 Å². The fourth-order valence-corrected chi connectivity index (χ4v) is 3.39. The summed E-state index contributed by atoms with van der Waals surface area (Å²) < 4.78 is 20.1. The molecule has 1 atom stereocenters. The first-order valence-electron chi connectivity index (χ1n) is 9.29. The highest BCUT2D eigenvalue weighted by atomic mass is 19.1. The van der Waals surface area contributed by atoms with Crippen LogP contribution in [0.2, 0.25) is 0 Å². The molecule has 1 aromatic rings. The van der Waals surface area contributed by atoms with E-state index in [9.17, 15) is 14.0 Å². The number of ketones is 1. The first-order chi connectivity index (χ1) is 12.8. The first kappa shape index (κ1) is 19.6. The van der Waals surface area contributed by atoms with E-state index in [2.05, 4.69) is 10.0 Å². The summed E-state index contributed by atoms with van der Waals surface area (Å²) in [7, 11) is 4.04. The normalized spacial score (nSPS) is 22.1. The molecule has 1 aromatic carbocycles. The molecule has 2 saturated heterocycles. The number of ether oxygens (including phenoxy) is 1. The number of amides is 1. The predicted octanol–water partition coefficient (Wildman–Crippen LogP) is 2.12. The van der Waals surface area contributed by atoms with Gasteiger partial charge >= 0.3 is 6.09 Å². The van der Waals surface area contributed by atoms with Gasteiger partial charge in [-0.15, -0.1) is 0 Å². The third kappa shape index (κ3) is 4.56. The maximum atomic E-state index is 14.8. The Morgan fingerprint density at radius 1 is 1.19 bits per heavy atom. The van der Waals surface area contributed by atoms with E-state index in [1.807, 2.05) is 19.0 Å². The lowest BCUT2D eigenvalue weighted by Crippen LogP contribution is -2.37. The maximum absolute atomic E-state index is 14.8. The molecule has 0 unspecified atom stereocenters. The van der Waals surface area contributed by atoms with E-state index >= 15 is 0 Å². The standard InChI is InChI=1S/C19H27FN4O3/c1-14(25)4-6-16-13-24(19(26)27-16)15-5-7-18(17(20)12-15)23-10-8-21(2)22(3)9-11-23/h5,7,12,16H,4,6,8-11,13H2,1-3H3/t16-/m0/s1. The highest BCUT2D eigenvalue weighted by Crippen LogP contribution is 2.29. The van der Waals surface area contributed by atoms with E-state index in [0.717, 1.165) is 26.2 Å². The Balaban J connectivity index is 1.69. The lowest BCUT2D eigenvalue weighted by molar-refractivity contribution is -0.117. The van der Waals surface area contributed by atoms with Crippen LogP contribution in [0, 0.1) is 5.82 Å². The molecule has 0 bridgehead atoms. The lowest BCUT2D eigenvalue weighted by Gasteiger charge is -2.24. The average molecular weight is 378 g/mol. The number of likely N-dealkylation sites (N-methyl/N-ethyl adjacent to an activating group) is 2. The van der Waals surface area contributed by atoms with Gasteiger partial charge in [-0.05, 0) is 31.5 Å². The molecular weight excluding hydrogens is 351 g/mol. The molecule has 1 amide bonds. The number of hydrogen-bond acceptors (Lipinski definition) is 6. The van der Waals surface area contributed by atoms with Crippen molar-refractivity contribution in [3.05, 3.63) is 24.0 Å². The number of hydrogen-bond donors (Lipinski definition) is 0. The summed E-state index contributed by atoms with van der Waals surface area (Å²) in [6, 6.07) is 4.87. The van der Waals surface area contributed by atoms with Crippen LogP contribution in [0.3, 0.4) is 0 Å². The van der Waals surface area contributed by atoms with Crippen LogP contribution in [0.4, 0.5) is 20.6 Å². The van der Waals surface area contributed by atoms with Crippen LogP contribution < -0.4 is 9.80 Å². The Kier molecular flexibility index (Phi) is 5.96. The van der Waals surface area contributed by atoms with Crippen LogP contribution >= 0.6 is 0 Å². The second kappa shape index (κ2) is 8.22. The average Bonchev–Trinajstić information content (AvgIpc) is 2.92. The number of cyclic esters (lactones) is 1. The van der Waals surface area contributed by atoms with E-state index < -0.39 is 6.09 Å². The van der Waals surface area contributed by atoms with Crippen molar-refractivity contribution >= 4 is 23.3 Å². The van der Waals surface area contributed by atoms with Crippen LogP contribution in [-0.2, 0) is 9.53 Å². The zero-order valence-corrected chi connectivity index (χ0v) is 16.2. The van der Waals surface area contributed by atoms with Crippen LogP contribution in [0.1, 0.15) is 19.8 Å². The molecule has 2 aliphatic heterocycles. The van der Waals surface area contributed by atoms with Gasteiger partial charge in [0.15, 0.2) is 0 Å². The van der Waals surface area contributed by atoms with E-state index in [1.165, 1.54) is 17.9 Å². The summed E-state index contributed by atoms with van der Waals surface area (Å²) in [6.07, 6.45) is 0.0405. The van der Waals surface area contributed by atoms with Crippen LogP contribution in [-0.4, -0.2) is 74.8 Å². The van der Waals surface area contributed by atoms with Crippen molar-refractivity contribution in [1.29, 1.82) is 0 Å². The number of Topliss-reactive ketones (excluding diaryl/α,β-unsaturated/α-hetero) is 1. The second-order valence-electron chi connectivity index (χ2n) is 7.24. The minimum absolute atomic E-state index is 0.0636. The van der Waals surface area contributed by atoms with Crippen molar-refractivity contribution in [2.75, 3.05) is 56.6 Å². The third-order valence-electron chi connectivity index (χ3n) is 5.25. The number of rotatable bonds is 5. The number of benzene rings is 1. The number of carbonyl (C=O) groups excluding carboxylic acids is 2. The third-order valence-corrected chi connectivity index (χ3v) is 5.25. The molecule has 2 aliphatic rings. The highest BCUT2D eigenvalue weighted by molar-refractivity contribution is 5.90. The van der Waals surface area contributed by atoms with Crippen molar-refractivity contribution in [2.24, 2.45) is 0 Å². The van der Waals surface area contributed by atoms with E-state index in [4.69, 9.17) is 4.74 Å². The molecule has 0 radical (unpaired) electrons. The molecule has 8 heteroatoms. The number of nitrogens with zero attached hydrogens (tertiary/aromatic N) is 4. The minimum Gasteiger partial charge on any atom is -0.444 e. The fourth-order valence-electron chi connectivity index (χ4n) is 3.39. The van der Waals surface area contributed by atoms with Gasteiger partial charge in [0.25, 0.3) is 0 Å². The summed E-state index contributed by atoms with van der Waals surface area (Å²) >= 11 is 0. The van der Waals surface area contributed by atoms with E-state index in [-0.39, 0.29) is 17.7 Å². The lowest BCUT2D eigenvalue weighted by atomic mass is 10.1. The molecule has 7 nitrogen and oxygen atoms in total. The largest absolute Gasteiger partial charge is 0.444 e. The van der Waals surface area contributed by atoms with Gasteiger partial charge in [-0.25, -0.2) is 19.2 Å². The van der Waals surface area contributed by atoms with Gasteiger partial charge in [-0.3, -0.25) is 4.90 Å². The fraction of sp³-hybridized carbons (Fsp3) is 0.579. The van der Waals surface area contributed by atoms with E-state index in [0.29, 0.717) is 30.8 Å². The van der Waals surface area contributed by atoms with Gasteiger partial charge in [0.05, 0.1) is 17.9 Å². The summed E-state index contributed by atoms with van der Waals surface area (Å²) in [5, 5.41) is 4.24. The quantitative estimate of drug-likeness (QED) is 0.782. The Hall–Kier alpha value is -2.19. The Morgan fingerprint density at radius 3 is 2.44 bits per heavy atom. The minimum atomic E-state index is -0.492. The molecule has 0 spiro atoms. The second-order valence-corrected chi connectivity index (χ2v) is 7.24. The summed E-state index contributed by atoms with van der Waals surface area (Å²) in [6.45, 7) is 4.94. The zero-order valence-electron chi connectivity index (χ0n) is 16.2. The van der Waals surface area contributed by atoms with Crippen molar-refractivity contribution in [3.63, 3.8) is 0 Å². The number of hydrazine groups is 1. The van der Waals surface area contributed by atoms with Crippen molar-refractivity contribution in [3.8, 4) is 0 Å². The van der Waals surface area contributed by atoms with Gasteiger partial charge in [0.1, 0.15) is 17.7 Å². The van der Waals surface area contributed by atoms with Gasteiger partial charge in [0.2, 0.25) is 0 Å². The molecule has 27 heavy (non-hydrogen) atoms. The molecule has 0 saturated carbocycles. The van der Waals surface area contributed by atoms with Crippen LogP contribution in [0.5, 0.6) is 0 Å².